The second-order valence-electron chi connectivity index (χ2n) is 6.87. The first kappa shape index (κ1) is 12.1. The highest BCUT2D eigenvalue weighted by atomic mass is 79.9. The third-order valence-corrected chi connectivity index (χ3v) is 6.00. The van der Waals surface area contributed by atoms with E-state index >= 15 is 0 Å². The van der Waals surface area contributed by atoms with Crippen LogP contribution in [0.4, 0.5) is 0 Å². The molecule has 0 radical (unpaired) electrons. The lowest BCUT2D eigenvalue weighted by Crippen LogP contribution is -2.33. The van der Waals surface area contributed by atoms with Crippen LogP contribution in [0.15, 0.2) is 4.47 Å². The minimum absolute atomic E-state index is 0.0843. The molecule has 0 saturated heterocycles. The SMILES string of the molecule is CC1(C)CCc2c(Br)c(O)c3c(c2O1)C1CCC3C1. The third-order valence-electron chi connectivity index (χ3n) is 5.14. The second-order valence-corrected chi connectivity index (χ2v) is 7.66. The Bertz CT molecular complexity index is 577. The monoisotopic (exact) mass is 322 g/mol. The summed E-state index contributed by atoms with van der Waals surface area (Å²) in [6.45, 7) is 4.33. The van der Waals surface area contributed by atoms with E-state index in [0.717, 1.165) is 23.1 Å². The molecular weight excluding hydrogens is 304 g/mol. The fraction of sp³-hybridized carbons (Fsp3) is 0.625. The summed E-state index contributed by atoms with van der Waals surface area (Å²) >= 11 is 3.60. The van der Waals surface area contributed by atoms with Gasteiger partial charge in [-0.05, 0) is 73.7 Å². The first-order valence-corrected chi connectivity index (χ1v) is 8.03. The predicted octanol–water partition coefficient (Wildman–Crippen LogP) is 4.62. The number of phenols is 1. The summed E-state index contributed by atoms with van der Waals surface area (Å²) in [5.41, 5.74) is 3.61. The summed E-state index contributed by atoms with van der Waals surface area (Å²) < 4.78 is 7.19. The quantitative estimate of drug-likeness (QED) is 0.755. The van der Waals surface area contributed by atoms with Gasteiger partial charge in [0.25, 0.3) is 0 Å². The zero-order chi connectivity index (χ0) is 13.4. The molecule has 19 heavy (non-hydrogen) atoms. The number of fused-ring (bicyclic) bond motifs is 7. The van der Waals surface area contributed by atoms with Crippen molar-refractivity contribution in [2.75, 3.05) is 0 Å². The smallest absolute Gasteiger partial charge is 0.134 e. The van der Waals surface area contributed by atoms with E-state index in [9.17, 15) is 5.11 Å². The topological polar surface area (TPSA) is 29.5 Å². The average molecular weight is 323 g/mol. The maximum atomic E-state index is 10.5. The van der Waals surface area contributed by atoms with Crippen molar-refractivity contribution in [3.63, 3.8) is 0 Å². The summed E-state index contributed by atoms with van der Waals surface area (Å²) in [5.74, 6) is 2.74. The second kappa shape index (κ2) is 3.69. The Balaban J connectivity index is 1.99. The van der Waals surface area contributed by atoms with E-state index in [0.29, 0.717) is 17.6 Å². The van der Waals surface area contributed by atoms with Gasteiger partial charge in [-0.2, -0.15) is 0 Å². The lowest BCUT2D eigenvalue weighted by Gasteiger charge is -2.36. The van der Waals surface area contributed by atoms with Crippen LogP contribution in [-0.2, 0) is 6.42 Å². The number of hydrogen-bond donors (Lipinski definition) is 1. The molecule has 4 rings (SSSR count). The van der Waals surface area contributed by atoms with Crippen molar-refractivity contribution < 1.29 is 9.84 Å². The van der Waals surface area contributed by atoms with Crippen molar-refractivity contribution in [3.8, 4) is 11.5 Å². The van der Waals surface area contributed by atoms with Crippen molar-refractivity contribution in [1.82, 2.24) is 0 Å². The van der Waals surface area contributed by atoms with Crippen molar-refractivity contribution in [2.24, 2.45) is 0 Å². The van der Waals surface area contributed by atoms with Crippen molar-refractivity contribution in [2.45, 2.75) is 63.4 Å². The zero-order valence-corrected chi connectivity index (χ0v) is 13.0. The van der Waals surface area contributed by atoms with Gasteiger partial charge < -0.3 is 9.84 Å². The maximum Gasteiger partial charge on any atom is 0.134 e. The van der Waals surface area contributed by atoms with Crippen LogP contribution >= 0.6 is 15.9 Å². The van der Waals surface area contributed by atoms with Crippen molar-refractivity contribution >= 4 is 15.9 Å². The van der Waals surface area contributed by atoms with Crippen LogP contribution < -0.4 is 4.74 Å². The van der Waals surface area contributed by atoms with Crippen LogP contribution in [0.3, 0.4) is 0 Å². The van der Waals surface area contributed by atoms with E-state index in [1.807, 2.05) is 0 Å². The predicted molar refractivity (Wildman–Crippen MR) is 78.2 cm³/mol. The number of ether oxygens (including phenoxy) is 1. The van der Waals surface area contributed by atoms with E-state index in [1.165, 1.54) is 36.0 Å². The molecule has 3 heteroatoms. The lowest BCUT2D eigenvalue weighted by molar-refractivity contribution is 0.0822. The molecule has 2 nitrogen and oxygen atoms in total. The Morgan fingerprint density at radius 2 is 1.89 bits per heavy atom. The van der Waals surface area contributed by atoms with Gasteiger partial charge in [0.15, 0.2) is 0 Å². The molecular formula is C16H19BrO2. The van der Waals surface area contributed by atoms with Gasteiger partial charge in [-0.15, -0.1) is 0 Å². The highest BCUT2D eigenvalue weighted by molar-refractivity contribution is 9.10. The van der Waals surface area contributed by atoms with Crippen molar-refractivity contribution in [1.29, 1.82) is 0 Å². The highest BCUT2D eigenvalue weighted by Gasteiger charge is 2.45. The number of hydrogen-bond acceptors (Lipinski definition) is 2. The molecule has 1 aliphatic heterocycles. The van der Waals surface area contributed by atoms with Gasteiger partial charge in [0.2, 0.25) is 0 Å². The zero-order valence-electron chi connectivity index (χ0n) is 11.4. The van der Waals surface area contributed by atoms with Crippen LogP contribution in [-0.4, -0.2) is 10.7 Å². The number of rotatable bonds is 0. The minimum Gasteiger partial charge on any atom is -0.506 e. The van der Waals surface area contributed by atoms with Gasteiger partial charge in [-0.1, -0.05) is 0 Å². The van der Waals surface area contributed by atoms with Crippen LogP contribution in [0.2, 0.25) is 0 Å². The standard InChI is InChI=1S/C16H19BrO2/c1-16(2)6-5-10-13(17)14(18)11-8-3-4-9(7-8)12(11)15(10)19-16/h8-9,18H,3-7H2,1-2H3. The first-order valence-electron chi connectivity index (χ1n) is 7.24. The Kier molecular flexibility index (Phi) is 2.34. The van der Waals surface area contributed by atoms with Gasteiger partial charge in [0, 0.05) is 16.7 Å². The maximum absolute atomic E-state index is 10.5. The van der Waals surface area contributed by atoms with Gasteiger partial charge in [0.1, 0.15) is 17.1 Å². The van der Waals surface area contributed by atoms with Gasteiger partial charge in [-0.25, -0.2) is 0 Å². The summed E-state index contributed by atoms with van der Waals surface area (Å²) in [6.07, 6.45) is 5.68. The Hall–Kier alpha value is -0.700. The van der Waals surface area contributed by atoms with Crippen molar-refractivity contribution in [3.05, 3.63) is 21.2 Å². The molecule has 2 unspecified atom stereocenters. The van der Waals surface area contributed by atoms with E-state index in [4.69, 9.17) is 4.74 Å². The van der Waals surface area contributed by atoms with Crippen LogP contribution in [0.25, 0.3) is 0 Å². The summed E-state index contributed by atoms with van der Waals surface area (Å²) in [7, 11) is 0. The largest absolute Gasteiger partial charge is 0.506 e. The van der Waals surface area contributed by atoms with Crippen LogP contribution in [0, 0.1) is 0 Å². The van der Waals surface area contributed by atoms with Crippen LogP contribution in [0.5, 0.6) is 11.5 Å². The van der Waals surface area contributed by atoms with E-state index in [-0.39, 0.29) is 5.60 Å². The van der Waals surface area contributed by atoms with Crippen LogP contribution in [0.1, 0.15) is 68.1 Å². The fourth-order valence-electron chi connectivity index (χ4n) is 4.19. The molecule has 0 spiro atoms. The number of aromatic hydroxyl groups is 1. The molecule has 1 aromatic carbocycles. The van der Waals surface area contributed by atoms with Gasteiger partial charge >= 0.3 is 0 Å². The molecule has 0 amide bonds. The molecule has 2 aliphatic carbocycles. The van der Waals surface area contributed by atoms with E-state index < -0.39 is 0 Å². The molecule has 2 bridgehead atoms. The Labute approximate surface area is 122 Å². The summed E-state index contributed by atoms with van der Waals surface area (Å²) in [5, 5.41) is 10.5. The molecule has 102 valence electrons. The lowest BCUT2D eigenvalue weighted by atomic mass is 9.85. The Morgan fingerprint density at radius 1 is 1.21 bits per heavy atom. The highest BCUT2D eigenvalue weighted by Crippen LogP contribution is 2.62. The molecule has 1 saturated carbocycles. The third kappa shape index (κ3) is 1.54. The number of phenolic OH excluding ortho intramolecular Hbond substituents is 1. The average Bonchev–Trinajstić information content (AvgIpc) is 2.95. The normalized spacial score (nSPS) is 29.8. The molecule has 3 aliphatic rings. The molecule has 1 heterocycles. The molecule has 1 aromatic rings. The summed E-state index contributed by atoms with van der Waals surface area (Å²) in [6, 6.07) is 0. The van der Waals surface area contributed by atoms with E-state index in [1.54, 1.807) is 0 Å². The molecule has 2 atom stereocenters. The van der Waals surface area contributed by atoms with E-state index in [2.05, 4.69) is 29.8 Å². The molecule has 0 aromatic heterocycles. The van der Waals surface area contributed by atoms with Gasteiger partial charge in [0.05, 0.1) is 4.47 Å². The first-order chi connectivity index (χ1) is 8.98. The number of benzene rings is 1. The number of halogens is 1. The van der Waals surface area contributed by atoms with Gasteiger partial charge in [-0.3, -0.25) is 0 Å². The fourth-order valence-corrected chi connectivity index (χ4v) is 4.78. The summed E-state index contributed by atoms with van der Waals surface area (Å²) in [4.78, 5) is 0. The molecule has 1 fully saturated rings. The minimum atomic E-state index is -0.0843. The Morgan fingerprint density at radius 3 is 2.63 bits per heavy atom. The molecule has 1 N–H and O–H groups in total.